The molecule has 1 heterocycles. The van der Waals surface area contributed by atoms with Crippen LogP contribution in [0.4, 0.5) is 24.7 Å². The van der Waals surface area contributed by atoms with E-state index in [0.717, 1.165) is 0 Å². The fourth-order valence-corrected chi connectivity index (χ4v) is 1.91. The van der Waals surface area contributed by atoms with Crippen LogP contribution >= 0.6 is 0 Å². The molecule has 0 fully saturated rings. The van der Waals surface area contributed by atoms with Crippen LogP contribution < -0.4 is 10.1 Å². The van der Waals surface area contributed by atoms with Crippen molar-refractivity contribution in [2.75, 3.05) is 5.32 Å². The first-order chi connectivity index (χ1) is 11.1. The summed E-state index contributed by atoms with van der Waals surface area (Å²) in [5.74, 6) is -0.226. The summed E-state index contributed by atoms with van der Waals surface area (Å²) in [5.41, 5.74) is 0.493. The molecule has 0 aliphatic heterocycles. The highest BCUT2D eigenvalue weighted by molar-refractivity contribution is 5.90. The molecule has 1 N–H and O–H groups in total. The van der Waals surface area contributed by atoms with Gasteiger partial charge in [0, 0.05) is 11.8 Å². The predicted molar refractivity (Wildman–Crippen MR) is 81.7 cm³/mol. The molecule has 0 atom stereocenters. The number of para-hydroxylation sites is 1. The number of anilines is 2. The predicted octanol–water partition coefficient (Wildman–Crippen LogP) is 5.34. The van der Waals surface area contributed by atoms with Crippen LogP contribution in [-0.2, 0) is 0 Å². The number of rotatable bonds is 4. The van der Waals surface area contributed by atoms with Crippen molar-refractivity contribution in [1.29, 1.82) is 0 Å². The molecule has 0 aliphatic rings. The monoisotopic (exact) mass is 324 g/mol. The van der Waals surface area contributed by atoms with Crippen LogP contribution in [0.1, 0.15) is 13.8 Å². The molecule has 0 saturated carbocycles. The minimum absolute atomic E-state index is 0.00832. The molecule has 4 nitrogen and oxygen atoms in total. The summed E-state index contributed by atoms with van der Waals surface area (Å²) in [4.78, 5) is 0. The lowest BCUT2D eigenvalue weighted by Gasteiger charge is -2.07. The Morgan fingerprint density at radius 3 is 2.61 bits per heavy atom. The van der Waals surface area contributed by atoms with Crippen LogP contribution in [0.5, 0.6) is 5.75 Å². The summed E-state index contributed by atoms with van der Waals surface area (Å²) in [6, 6.07) is 10.4. The topological polar surface area (TPSA) is 47.3 Å². The molecule has 0 unspecified atom stereocenters. The fraction of sp³-hybridized carbons (Fsp3) is 0.188. The van der Waals surface area contributed by atoms with Gasteiger partial charge in [0.05, 0.1) is 5.39 Å². The highest BCUT2D eigenvalue weighted by Crippen LogP contribution is 2.28. The number of hydrogen-bond donors (Lipinski definition) is 1. The maximum atomic E-state index is 13.5. The third kappa shape index (κ3) is 3.94. The summed E-state index contributed by atoms with van der Waals surface area (Å²) in [6.07, 6.45) is 0. The number of hydrogen-bond acceptors (Lipinski definition) is 4. The van der Waals surface area contributed by atoms with E-state index in [-0.39, 0.29) is 11.3 Å². The van der Waals surface area contributed by atoms with Crippen molar-refractivity contribution in [3.8, 4) is 5.75 Å². The molecule has 0 radical (unpaired) electrons. The van der Waals surface area contributed by atoms with E-state index in [2.05, 4.69) is 15.2 Å². The minimum atomic E-state index is -2.90. The molecule has 7 heteroatoms. The molecule has 23 heavy (non-hydrogen) atoms. The lowest BCUT2D eigenvalue weighted by atomic mass is 10.2. The molecule has 0 amide bonds. The largest absolute Gasteiger partial charge is 0.435 e. The number of benzene rings is 2. The van der Waals surface area contributed by atoms with E-state index >= 15 is 0 Å². The second-order valence-electron chi connectivity index (χ2n) is 4.18. The first kappa shape index (κ1) is 16.7. The van der Waals surface area contributed by atoms with Crippen LogP contribution in [0.3, 0.4) is 0 Å². The SMILES string of the molecule is CC.Fc1cccc2c(Nc3cccc(OC(F)F)c3)noc12. The quantitative estimate of drug-likeness (QED) is 0.704. The maximum absolute atomic E-state index is 13.5. The Morgan fingerprint density at radius 2 is 1.87 bits per heavy atom. The van der Waals surface area contributed by atoms with Crippen molar-refractivity contribution in [1.82, 2.24) is 5.16 Å². The Morgan fingerprint density at radius 1 is 1.13 bits per heavy atom. The van der Waals surface area contributed by atoms with Gasteiger partial charge in [0.15, 0.2) is 11.6 Å². The van der Waals surface area contributed by atoms with Gasteiger partial charge in [0.25, 0.3) is 0 Å². The molecule has 0 bridgehead atoms. The number of halogens is 3. The number of aromatic nitrogens is 1. The van der Waals surface area contributed by atoms with Gasteiger partial charge in [-0.25, -0.2) is 4.39 Å². The Bertz CT molecular complexity index is 775. The Balaban J connectivity index is 0.000000924. The van der Waals surface area contributed by atoms with Crippen molar-refractivity contribution >= 4 is 22.5 Å². The molecule has 1 aromatic heterocycles. The van der Waals surface area contributed by atoms with Crippen molar-refractivity contribution in [2.45, 2.75) is 20.5 Å². The zero-order chi connectivity index (χ0) is 16.8. The van der Waals surface area contributed by atoms with Gasteiger partial charge in [-0.3, -0.25) is 0 Å². The van der Waals surface area contributed by atoms with Gasteiger partial charge < -0.3 is 14.6 Å². The van der Waals surface area contributed by atoms with Gasteiger partial charge in [-0.1, -0.05) is 31.1 Å². The molecule has 2 aromatic carbocycles. The maximum Gasteiger partial charge on any atom is 0.387 e. The van der Waals surface area contributed by atoms with Gasteiger partial charge >= 0.3 is 6.61 Å². The van der Waals surface area contributed by atoms with Crippen molar-refractivity contribution in [3.63, 3.8) is 0 Å². The second-order valence-corrected chi connectivity index (χ2v) is 4.18. The fourth-order valence-electron chi connectivity index (χ4n) is 1.91. The summed E-state index contributed by atoms with van der Waals surface area (Å²) >= 11 is 0. The summed E-state index contributed by atoms with van der Waals surface area (Å²) in [6.45, 7) is 1.10. The standard InChI is InChI=1S/C14H9F3N2O2.C2H6/c15-11-6-2-5-10-12(11)21-19-13(10)18-8-3-1-4-9(7-8)20-14(16)17;1-2/h1-7,14H,(H,18,19);1-2H3. The third-order valence-corrected chi connectivity index (χ3v) is 2.77. The van der Waals surface area contributed by atoms with Crippen LogP contribution in [0.2, 0.25) is 0 Å². The van der Waals surface area contributed by atoms with Crippen molar-refractivity contribution in [3.05, 3.63) is 48.3 Å². The van der Waals surface area contributed by atoms with Gasteiger partial charge in [-0.2, -0.15) is 8.78 Å². The van der Waals surface area contributed by atoms with Gasteiger partial charge in [0.2, 0.25) is 5.58 Å². The molecule has 3 rings (SSSR count). The molecule has 0 spiro atoms. The van der Waals surface area contributed by atoms with Gasteiger partial charge in [-0.15, -0.1) is 0 Å². The highest BCUT2D eigenvalue weighted by atomic mass is 19.3. The van der Waals surface area contributed by atoms with Crippen LogP contribution in [0, 0.1) is 5.82 Å². The van der Waals surface area contributed by atoms with Crippen molar-refractivity contribution in [2.24, 2.45) is 0 Å². The van der Waals surface area contributed by atoms with E-state index in [9.17, 15) is 13.2 Å². The smallest absolute Gasteiger partial charge is 0.387 e. The zero-order valence-corrected chi connectivity index (χ0v) is 12.5. The first-order valence-electron chi connectivity index (χ1n) is 6.99. The Hall–Kier alpha value is -2.70. The van der Waals surface area contributed by atoms with Crippen LogP contribution in [-0.4, -0.2) is 11.8 Å². The summed E-state index contributed by atoms with van der Waals surface area (Å²) in [5, 5.41) is 7.05. The molecule has 0 aliphatic carbocycles. The number of ether oxygens (including phenoxy) is 1. The normalized spacial score (nSPS) is 10.3. The summed E-state index contributed by atoms with van der Waals surface area (Å²) in [7, 11) is 0. The number of nitrogens with zero attached hydrogens (tertiary/aromatic N) is 1. The molecular weight excluding hydrogens is 309 g/mol. The molecule has 122 valence electrons. The lowest BCUT2D eigenvalue weighted by Crippen LogP contribution is -2.02. The highest BCUT2D eigenvalue weighted by Gasteiger charge is 2.12. The summed E-state index contributed by atoms with van der Waals surface area (Å²) < 4.78 is 47.0. The number of alkyl halides is 2. The van der Waals surface area contributed by atoms with E-state index < -0.39 is 12.4 Å². The second kappa shape index (κ2) is 7.53. The van der Waals surface area contributed by atoms with E-state index in [1.54, 1.807) is 18.2 Å². The minimum Gasteiger partial charge on any atom is -0.435 e. The number of fused-ring (bicyclic) bond motifs is 1. The average molecular weight is 324 g/mol. The van der Waals surface area contributed by atoms with E-state index in [4.69, 9.17) is 4.52 Å². The van der Waals surface area contributed by atoms with Crippen LogP contribution in [0.15, 0.2) is 47.0 Å². The van der Waals surface area contributed by atoms with Crippen LogP contribution in [0.25, 0.3) is 11.0 Å². The first-order valence-corrected chi connectivity index (χ1v) is 6.99. The average Bonchev–Trinajstić information content (AvgIpc) is 2.94. The van der Waals surface area contributed by atoms with Gasteiger partial charge in [-0.05, 0) is 24.3 Å². The lowest BCUT2D eigenvalue weighted by molar-refractivity contribution is -0.0498. The van der Waals surface area contributed by atoms with E-state index in [0.29, 0.717) is 16.9 Å². The van der Waals surface area contributed by atoms with E-state index in [1.165, 1.54) is 24.3 Å². The number of nitrogens with one attached hydrogen (secondary N) is 1. The van der Waals surface area contributed by atoms with Gasteiger partial charge in [0.1, 0.15) is 5.75 Å². The molecular formula is C16H15F3N2O2. The molecule has 0 saturated heterocycles. The molecule has 3 aromatic rings. The van der Waals surface area contributed by atoms with E-state index in [1.807, 2.05) is 13.8 Å². The Labute approximate surface area is 130 Å². The zero-order valence-electron chi connectivity index (χ0n) is 12.5. The van der Waals surface area contributed by atoms with Crippen molar-refractivity contribution < 1.29 is 22.4 Å². The third-order valence-electron chi connectivity index (χ3n) is 2.77. The Kier molecular flexibility index (Phi) is 5.46.